The lowest BCUT2D eigenvalue weighted by atomic mass is 10.2. The molecule has 0 radical (unpaired) electrons. The van der Waals surface area contributed by atoms with Crippen molar-refractivity contribution in [2.45, 2.75) is 57.5 Å². The van der Waals surface area contributed by atoms with Gasteiger partial charge in [-0.1, -0.05) is 50.8 Å². The van der Waals surface area contributed by atoms with Crippen molar-refractivity contribution in [3.8, 4) is 0 Å². The van der Waals surface area contributed by atoms with E-state index >= 15 is 0 Å². The molecule has 12 heteroatoms. The Kier molecular flexibility index (Phi) is 7.42. The number of aromatic amines is 1. The number of aromatic nitrogens is 4. The Morgan fingerprint density at radius 1 is 1.29 bits per heavy atom. The van der Waals surface area contributed by atoms with Crippen molar-refractivity contribution in [2.75, 3.05) is 28.2 Å². The molecular formula is C19H29N7O3S2. The van der Waals surface area contributed by atoms with Crippen LogP contribution in [-0.4, -0.2) is 44.0 Å². The highest BCUT2D eigenvalue weighted by atomic mass is 32.2. The van der Waals surface area contributed by atoms with Crippen molar-refractivity contribution in [1.82, 2.24) is 19.7 Å². The molecule has 170 valence electrons. The zero-order chi connectivity index (χ0) is 22.7. The summed E-state index contributed by atoms with van der Waals surface area (Å²) < 4.78 is 1.99. The van der Waals surface area contributed by atoms with Crippen molar-refractivity contribution in [2.24, 2.45) is 11.8 Å². The van der Waals surface area contributed by atoms with Gasteiger partial charge in [-0.3, -0.25) is 19.1 Å². The summed E-state index contributed by atoms with van der Waals surface area (Å²) in [5, 5.41) is 12.2. The van der Waals surface area contributed by atoms with Crippen LogP contribution in [0.4, 0.5) is 16.6 Å². The lowest BCUT2D eigenvalue weighted by Crippen LogP contribution is -2.43. The van der Waals surface area contributed by atoms with E-state index in [2.05, 4.69) is 20.5 Å². The van der Waals surface area contributed by atoms with E-state index in [0.29, 0.717) is 23.5 Å². The van der Waals surface area contributed by atoms with Gasteiger partial charge < -0.3 is 16.0 Å². The van der Waals surface area contributed by atoms with Crippen LogP contribution in [0, 0.1) is 11.8 Å². The lowest BCUT2D eigenvalue weighted by Gasteiger charge is -2.26. The molecule has 31 heavy (non-hydrogen) atoms. The molecule has 2 aromatic heterocycles. The normalized spacial score (nSPS) is 13.7. The second kappa shape index (κ2) is 9.86. The average molecular weight is 468 g/mol. The minimum Gasteiger partial charge on any atom is -0.383 e. The van der Waals surface area contributed by atoms with Crippen LogP contribution in [0.15, 0.2) is 13.9 Å². The van der Waals surface area contributed by atoms with Gasteiger partial charge in [0.25, 0.3) is 5.56 Å². The molecular weight excluding hydrogens is 438 g/mol. The minimum absolute atomic E-state index is 0.00767. The summed E-state index contributed by atoms with van der Waals surface area (Å²) in [4.78, 5) is 41.7. The number of hydrogen-bond donors (Lipinski definition) is 3. The number of carbonyl (C=O) groups is 1. The number of H-pyrrole nitrogens is 1. The molecule has 0 saturated heterocycles. The molecule has 1 fully saturated rings. The first kappa shape index (κ1) is 23.3. The number of carbonyl (C=O) groups excluding carboxylic acids is 1. The molecule has 4 N–H and O–H groups in total. The number of nitrogens with one attached hydrogen (secondary N) is 2. The van der Waals surface area contributed by atoms with Crippen molar-refractivity contribution in [3.05, 3.63) is 20.8 Å². The standard InChI is InChI=1S/C19H29N7O3S2/c1-10(2)7-25(14-15(20)26(8-11(3)4)18(29)22-16(14)28)13(27)9-30-19-24-23-17(31-19)21-12-5-6-12/h10-12H,5-9,20H2,1-4H3,(H,21,23)(H,22,28,29). The van der Waals surface area contributed by atoms with Crippen LogP contribution in [0.5, 0.6) is 0 Å². The summed E-state index contributed by atoms with van der Waals surface area (Å²) >= 11 is 2.67. The highest BCUT2D eigenvalue weighted by Crippen LogP contribution is 2.30. The van der Waals surface area contributed by atoms with Gasteiger partial charge in [0.2, 0.25) is 11.0 Å². The van der Waals surface area contributed by atoms with Crippen molar-refractivity contribution >= 4 is 45.6 Å². The first-order chi connectivity index (χ1) is 14.7. The van der Waals surface area contributed by atoms with Gasteiger partial charge in [0.05, 0.1) is 5.75 Å². The quantitative estimate of drug-likeness (QED) is 0.451. The third kappa shape index (κ3) is 6.10. The molecule has 2 heterocycles. The number of amides is 1. The molecule has 10 nitrogen and oxygen atoms in total. The zero-order valence-corrected chi connectivity index (χ0v) is 19.8. The summed E-state index contributed by atoms with van der Waals surface area (Å²) in [7, 11) is 0. The summed E-state index contributed by atoms with van der Waals surface area (Å²) in [6.07, 6.45) is 2.28. The number of hydrogen-bond acceptors (Lipinski definition) is 9. The van der Waals surface area contributed by atoms with Gasteiger partial charge in [-0.2, -0.15) is 0 Å². The average Bonchev–Trinajstić information content (AvgIpc) is 3.38. The molecule has 1 saturated carbocycles. The Hall–Kier alpha value is -2.34. The first-order valence-electron chi connectivity index (χ1n) is 10.3. The Bertz CT molecular complexity index is 1040. The van der Waals surface area contributed by atoms with Crippen LogP contribution < -0.4 is 27.2 Å². The summed E-state index contributed by atoms with van der Waals surface area (Å²) in [6.45, 7) is 8.42. The van der Waals surface area contributed by atoms with Crippen molar-refractivity contribution in [1.29, 1.82) is 0 Å². The molecule has 0 unspecified atom stereocenters. The second-order valence-corrected chi connectivity index (χ2v) is 10.7. The van der Waals surface area contributed by atoms with Gasteiger partial charge in [0.15, 0.2) is 10.0 Å². The molecule has 1 amide bonds. The van der Waals surface area contributed by atoms with E-state index in [-0.39, 0.29) is 35.0 Å². The van der Waals surface area contributed by atoms with Gasteiger partial charge in [-0.15, -0.1) is 10.2 Å². The molecule has 3 rings (SSSR count). The Morgan fingerprint density at radius 2 is 2.00 bits per heavy atom. The lowest BCUT2D eigenvalue weighted by molar-refractivity contribution is -0.116. The molecule has 0 bridgehead atoms. The van der Waals surface area contributed by atoms with E-state index in [9.17, 15) is 14.4 Å². The first-order valence-corrected chi connectivity index (χ1v) is 12.1. The van der Waals surface area contributed by atoms with E-state index in [1.54, 1.807) is 0 Å². The maximum absolute atomic E-state index is 13.1. The third-order valence-electron chi connectivity index (χ3n) is 4.51. The molecule has 0 spiro atoms. The van der Waals surface area contributed by atoms with Gasteiger partial charge in [-0.25, -0.2) is 4.79 Å². The number of rotatable bonds is 10. The number of thioether (sulfide) groups is 1. The predicted molar refractivity (Wildman–Crippen MR) is 125 cm³/mol. The Balaban J connectivity index is 1.82. The fraction of sp³-hybridized carbons (Fsp3) is 0.632. The van der Waals surface area contributed by atoms with Crippen LogP contribution in [0.1, 0.15) is 40.5 Å². The fourth-order valence-corrected chi connectivity index (χ4v) is 4.70. The van der Waals surface area contributed by atoms with Gasteiger partial charge >= 0.3 is 5.69 Å². The fourth-order valence-electron chi connectivity index (χ4n) is 3.00. The van der Waals surface area contributed by atoms with E-state index in [1.807, 2.05) is 27.7 Å². The largest absolute Gasteiger partial charge is 0.383 e. The number of nitrogens with two attached hydrogens (primary N) is 1. The van der Waals surface area contributed by atoms with Crippen molar-refractivity contribution in [3.63, 3.8) is 0 Å². The Labute approximate surface area is 188 Å². The predicted octanol–water partition coefficient (Wildman–Crippen LogP) is 1.98. The highest BCUT2D eigenvalue weighted by Gasteiger charge is 2.26. The topological polar surface area (TPSA) is 139 Å². The Morgan fingerprint density at radius 3 is 2.61 bits per heavy atom. The molecule has 2 aromatic rings. The number of nitrogens with zero attached hydrogens (tertiary/aromatic N) is 4. The summed E-state index contributed by atoms with van der Waals surface area (Å²) in [5.74, 6) is 0.0341. The van der Waals surface area contributed by atoms with Gasteiger partial charge in [0, 0.05) is 19.1 Å². The van der Waals surface area contributed by atoms with Crippen LogP contribution in [0.2, 0.25) is 0 Å². The van der Waals surface area contributed by atoms with Crippen LogP contribution >= 0.6 is 23.1 Å². The number of anilines is 3. The smallest absolute Gasteiger partial charge is 0.330 e. The molecule has 0 aromatic carbocycles. The molecule has 0 atom stereocenters. The zero-order valence-electron chi connectivity index (χ0n) is 18.2. The van der Waals surface area contributed by atoms with Gasteiger partial charge in [0.1, 0.15) is 5.82 Å². The summed E-state index contributed by atoms with van der Waals surface area (Å²) in [5.41, 5.74) is 5.01. The SMILES string of the molecule is CC(C)CN(C(=O)CSc1nnc(NC2CC2)s1)c1c(N)n(CC(C)C)c(=O)[nH]c1=O. The third-order valence-corrected chi connectivity index (χ3v) is 6.48. The van der Waals surface area contributed by atoms with E-state index < -0.39 is 11.2 Å². The van der Waals surface area contributed by atoms with E-state index in [1.165, 1.54) is 32.6 Å². The highest BCUT2D eigenvalue weighted by molar-refractivity contribution is 8.01. The van der Waals surface area contributed by atoms with Crippen LogP contribution in [0.3, 0.4) is 0 Å². The van der Waals surface area contributed by atoms with E-state index in [0.717, 1.165) is 18.0 Å². The number of nitrogen functional groups attached to an aromatic ring is 1. The monoisotopic (exact) mass is 467 g/mol. The van der Waals surface area contributed by atoms with Crippen molar-refractivity contribution < 1.29 is 4.79 Å². The molecule has 1 aliphatic rings. The maximum atomic E-state index is 13.1. The van der Waals surface area contributed by atoms with Crippen LogP contribution in [0.25, 0.3) is 0 Å². The van der Waals surface area contributed by atoms with Gasteiger partial charge in [-0.05, 0) is 24.7 Å². The van der Waals surface area contributed by atoms with E-state index in [4.69, 9.17) is 5.73 Å². The van der Waals surface area contributed by atoms with Crippen LogP contribution in [-0.2, 0) is 11.3 Å². The second-order valence-electron chi connectivity index (χ2n) is 8.48. The minimum atomic E-state index is -0.659. The summed E-state index contributed by atoms with van der Waals surface area (Å²) in [6, 6.07) is 0.477. The molecule has 0 aliphatic heterocycles. The maximum Gasteiger partial charge on any atom is 0.330 e. The molecule has 1 aliphatic carbocycles.